The summed E-state index contributed by atoms with van der Waals surface area (Å²) in [6, 6.07) is 19.1. The normalized spacial score (nSPS) is 13.4. The molecule has 0 aromatic heterocycles. The Morgan fingerprint density at radius 2 is 1.29 bits per heavy atom. The third-order valence-electron chi connectivity index (χ3n) is 4.12. The number of unbranched alkanes of at least 4 members (excludes halogenated alkanes) is 3. The van der Waals surface area contributed by atoms with E-state index in [4.69, 9.17) is 9.05 Å². The zero-order chi connectivity index (χ0) is 17.3. The zero-order valence-corrected chi connectivity index (χ0v) is 15.6. The minimum atomic E-state index is -4.11. The number of hydrogen-bond donors (Lipinski definition) is 1. The molecule has 132 valence electrons. The molecule has 3 nitrogen and oxygen atoms in total. The topological polar surface area (TPSA) is 38.7 Å². The van der Waals surface area contributed by atoms with Crippen LogP contribution in [0.1, 0.15) is 39.5 Å². The Labute approximate surface area is 145 Å². The summed E-state index contributed by atoms with van der Waals surface area (Å²) >= 11 is 0. The first-order valence-corrected chi connectivity index (χ1v) is 10.9. The van der Waals surface area contributed by atoms with Gasteiger partial charge in [-0.1, -0.05) is 0 Å². The zero-order valence-electron chi connectivity index (χ0n) is 14.7. The van der Waals surface area contributed by atoms with Crippen LogP contribution in [-0.2, 0) is 9.05 Å². The molecule has 0 saturated carbocycles. The van der Waals surface area contributed by atoms with Crippen LogP contribution in [-0.4, -0.2) is 18.1 Å². The van der Waals surface area contributed by atoms with E-state index in [1.54, 1.807) is 0 Å². The monoisotopic (exact) mass is 348 g/mol. The SMILES string of the molecule is CCCCCCOP(O)(OCC)(c1ccccc1)c1ccccc1. The van der Waals surface area contributed by atoms with E-state index in [2.05, 4.69) is 6.92 Å². The molecule has 0 bridgehead atoms. The Kier molecular flexibility index (Phi) is 6.94. The van der Waals surface area contributed by atoms with Gasteiger partial charge in [-0.2, -0.15) is 0 Å². The van der Waals surface area contributed by atoms with Gasteiger partial charge in [-0.3, -0.25) is 0 Å². The van der Waals surface area contributed by atoms with Crippen molar-refractivity contribution in [2.45, 2.75) is 39.5 Å². The summed E-state index contributed by atoms with van der Waals surface area (Å²) in [7, 11) is -4.11. The molecule has 0 aliphatic carbocycles. The summed E-state index contributed by atoms with van der Waals surface area (Å²) in [4.78, 5) is 12.0. The molecule has 2 aromatic rings. The number of hydrogen-bond acceptors (Lipinski definition) is 3. The van der Waals surface area contributed by atoms with Crippen molar-refractivity contribution >= 4 is 17.9 Å². The summed E-state index contributed by atoms with van der Waals surface area (Å²) in [5.41, 5.74) is 0. The molecule has 1 N–H and O–H groups in total. The average molecular weight is 348 g/mol. The second-order valence-corrected chi connectivity index (χ2v) is 9.28. The molecule has 0 spiro atoms. The van der Waals surface area contributed by atoms with Crippen molar-refractivity contribution in [3.8, 4) is 0 Å². The van der Waals surface area contributed by atoms with Gasteiger partial charge in [0.15, 0.2) is 0 Å². The van der Waals surface area contributed by atoms with Crippen LogP contribution in [0.15, 0.2) is 60.7 Å². The van der Waals surface area contributed by atoms with Gasteiger partial charge in [-0.25, -0.2) is 0 Å². The summed E-state index contributed by atoms with van der Waals surface area (Å²) in [5.74, 6) is 0. The van der Waals surface area contributed by atoms with Crippen LogP contribution in [0, 0.1) is 0 Å². The summed E-state index contributed by atoms with van der Waals surface area (Å²) in [5, 5.41) is 1.43. The van der Waals surface area contributed by atoms with Gasteiger partial charge in [0.1, 0.15) is 0 Å². The van der Waals surface area contributed by atoms with Crippen molar-refractivity contribution in [1.29, 1.82) is 0 Å². The van der Waals surface area contributed by atoms with E-state index in [-0.39, 0.29) is 0 Å². The number of benzene rings is 2. The van der Waals surface area contributed by atoms with Gasteiger partial charge < -0.3 is 0 Å². The molecule has 0 unspecified atom stereocenters. The molecular weight excluding hydrogens is 319 g/mol. The van der Waals surface area contributed by atoms with Crippen LogP contribution in [0.3, 0.4) is 0 Å². The Hall–Kier alpha value is -1.25. The Morgan fingerprint density at radius 1 is 0.750 bits per heavy atom. The van der Waals surface area contributed by atoms with Gasteiger partial charge in [0.25, 0.3) is 0 Å². The first-order chi connectivity index (χ1) is 11.6. The van der Waals surface area contributed by atoms with E-state index < -0.39 is 7.28 Å². The third kappa shape index (κ3) is 4.04. The fraction of sp³-hybridized carbons (Fsp3) is 0.400. The van der Waals surface area contributed by atoms with Gasteiger partial charge >= 0.3 is 145 Å². The Balaban J connectivity index is 2.42. The molecule has 0 heterocycles. The predicted molar refractivity (Wildman–Crippen MR) is 103 cm³/mol. The molecule has 24 heavy (non-hydrogen) atoms. The third-order valence-corrected chi connectivity index (χ3v) is 7.94. The van der Waals surface area contributed by atoms with E-state index in [1.807, 2.05) is 67.6 Å². The fourth-order valence-corrected chi connectivity index (χ4v) is 6.18. The van der Waals surface area contributed by atoms with Crippen LogP contribution >= 0.6 is 7.28 Å². The van der Waals surface area contributed by atoms with E-state index in [9.17, 15) is 4.89 Å². The second kappa shape index (κ2) is 8.73. The average Bonchev–Trinajstić information content (AvgIpc) is 2.63. The van der Waals surface area contributed by atoms with Crippen LogP contribution in [0.2, 0.25) is 0 Å². The van der Waals surface area contributed by atoms with Crippen LogP contribution < -0.4 is 10.6 Å². The van der Waals surface area contributed by atoms with Crippen molar-refractivity contribution in [2.24, 2.45) is 0 Å². The molecule has 0 atom stereocenters. The molecule has 0 saturated heterocycles. The molecule has 0 radical (unpaired) electrons. The molecule has 0 aliphatic rings. The van der Waals surface area contributed by atoms with Crippen LogP contribution in [0.4, 0.5) is 0 Å². The van der Waals surface area contributed by atoms with Gasteiger partial charge in [0.05, 0.1) is 0 Å². The Bertz CT molecular complexity index is 561. The van der Waals surface area contributed by atoms with E-state index in [0.29, 0.717) is 23.8 Å². The number of rotatable bonds is 10. The standard InChI is InChI=1S/C20H29O3P/c1-3-5-6-13-18-23-24(21,22-4-2,19-14-9-7-10-15-19)20-16-11-8-12-17-20/h7-12,14-17,21H,3-6,13,18H2,1-2H3. The summed E-state index contributed by atoms with van der Waals surface area (Å²) < 4.78 is 12.3. The van der Waals surface area contributed by atoms with Crippen molar-refractivity contribution in [3.05, 3.63) is 60.7 Å². The van der Waals surface area contributed by atoms with Gasteiger partial charge in [0.2, 0.25) is 0 Å². The van der Waals surface area contributed by atoms with E-state index >= 15 is 0 Å². The fourth-order valence-electron chi connectivity index (χ4n) is 2.87. The maximum absolute atomic E-state index is 12.0. The van der Waals surface area contributed by atoms with Crippen LogP contribution in [0.5, 0.6) is 0 Å². The first-order valence-electron chi connectivity index (χ1n) is 8.83. The molecule has 0 amide bonds. The molecule has 2 aromatic carbocycles. The van der Waals surface area contributed by atoms with Gasteiger partial charge in [0, 0.05) is 0 Å². The van der Waals surface area contributed by atoms with Crippen molar-refractivity contribution in [2.75, 3.05) is 13.2 Å². The van der Waals surface area contributed by atoms with Gasteiger partial charge in [-0.15, -0.1) is 0 Å². The summed E-state index contributed by atoms with van der Waals surface area (Å²) in [6.45, 7) is 4.94. The molecular formula is C20H29O3P. The minimum absolute atomic E-state index is 0.382. The quantitative estimate of drug-likeness (QED) is 0.505. The Morgan fingerprint density at radius 3 is 1.75 bits per heavy atom. The van der Waals surface area contributed by atoms with Gasteiger partial charge in [-0.05, 0) is 0 Å². The predicted octanol–water partition coefficient (Wildman–Crippen LogP) is 4.56. The van der Waals surface area contributed by atoms with E-state index in [1.165, 1.54) is 12.8 Å². The summed E-state index contributed by atoms with van der Waals surface area (Å²) in [6.07, 6.45) is 4.36. The van der Waals surface area contributed by atoms with Crippen LogP contribution in [0.25, 0.3) is 0 Å². The maximum atomic E-state index is 12.0. The van der Waals surface area contributed by atoms with Crippen molar-refractivity contribution < 1.29 is 13.9 Å². The van der Waals surface area contributed by atoms with Crippen molar-refractivity contribution in [3.63, 3.8) is 0 Å². The van der Waals surface area contributed by atoms with E-state index in [0.717, 1.165) is 12.8 Å². The molecule has 0 aliphatic heterocycles. The molecule has 2 rings (SSSR count). The molecule has 0 fully saturated rings. The second-order valence-electron chi connectivity index (χ2n) is 5.90. The molecule has 4 heteroatoms. The first kappa shape index (κ1) is 19.1. The van der Waals surface area contributed by atoms with Crippen molar-refractivity contribution in [1.82, 2.24) is 0 Å².